The lowest BCUT2D eigenvalue weighted by Gasteiger charge is -2.38. The minimum Gasteiger partial charge on any atom is -0.481 e. The molecule has 3 heteroatoms. The molecule has 1 aromatic rings. The van der Waals surface area contributed by atoms with E-state index in [1.807, 2.05) is 12.1 Å². The lowest BCUT2D eigenvalue weighted by molar-refractivity contribution is -0.140. The molecule has 1 N–H and O–H groups in total. The van der Waals surface area contributed by atoms with Gasteiger partial charge in [-0.1, -0.05) is 20.8 Å². The van der Waals surface area contributed by atoms with Crippen LogP contribution in [0.25, 0.3) is 0 Å². The molecule has 0 bridgehead atoms. The summed E-state index contributed by atoms with van der Waals surface area (Å²) in [6, 6.07) is 3.68. The molecule has 0 saturated heterocycles. The van der Waals surface area contributed by atoms with E-state index in [9.17, 15) is 9.90 Å². The van der Waals surface area contributed by atoms with E-state index in [1.54, 1.807) is 12.4 Å². The number of carbonyl (C=O) groups is 1. The number of nitrogens with zero attached hydrogens (tertiary/aromatic N) is 1. The third kappa shape index (κ3) is 3.38. The summed E-state index contributed by atoms with van der Waals surface area (Å²) in [6.45, 7) is 6.86. The van der Waals surface area contributed by atoms with E-state index in [-0.39, 0.29) is 11.8 Å². The van der Waals surface area contributed by atoms with Crippen molar-refractivity contribution >= 4 is 5.97 Å². The zero-order chi connectivity index (χ0) is 14.8. The number of aliphatic carboxylic acids is 1. The maximum Gasteiger partial charge on any atom is 0.311 e. The summed E-state index contributed by atoms with van der Waals surface area (Å²) in [5, 5.41) is 9.58. The second-order valence-corrected chi connectivity index (χ2v) is 7.07. The van der Waals surface area contributed by atoms with E-state index >= 15 is 0 Å². The normalized spacial score (nSPS) is 25.1. The average Bonchev–Trinajstić information content (AvgIpc) is 2.39. The Morgan fingerprint density at radius 2 is 1.75 bits per heavy atom. The van der Waals surface area contributed by atoms with Gasteiger partial charge in [0.05, 0.1) is 5.92 Å². The highest BCUT2D eigenvalue weighted by molar-refractivity contribution is 5.76. The Hall–Kier alpha value is -1.38. The third-order valence-electron chi connectivity index (χ3n) is 4.80. The van der Waals surface area contributed by atoms with Gasteiger partial charge in [-0.2, -0.15) is 0 Å². The molecule has 1 aromatic heterocycles. The van der Waals surface area contributed by atoms with Crippen LogP contribution in [-0.4, -0.2) is 16.1 Å². The van der Waals surface area contributed by atoms with Crippen molar-refractivity contribution in [1.82, 2.24) is 4.98 Å². The molecule has 2 rings (SSSR count). The summed E-state index contributed by atoms with van der Waals surface area (Å²) >= 11 is 0. The van der Waals surface area contributed by atoms with E-state index in [0.29, 0.717) is 11.3 Å². The van der Waals surface area contributed by atoms with E-state index in [1.165, 1.54) is 0 Å². The Morgan fingerprint density at radius 3 is 2.20 bits per heavy atom. The molecule has 1 atom stereocenters. The molecular weight excluding hydrogens is 250 g/mol. The topological polar surface area (TPSA) is 50.2 Å². The first-order valence-corrected chi connectivity index (χ1v) is 7.52. The molecule has 0 radical (unpaired) electrons. The van der Waals surface area contributed by atoms with E-state index in [0.717, 1.165) is 31.2 Å². The van der Waals surface area contributed by atoms with Crippen molar-refractivity contribution in [2.24, 2.45) is 17.3 Å². The van der Waals surface area contributed by atoms with Crippen molar-refractivity contribution in [1.29, 1.82) is 0 Å². The number of rotatable bonds is 3. The summed E-state index contributed by atoms with van der Waals surface area (Å²) in [4.78, 5) is 15.6. The highest BCUT2D eigenvalue weighted by Crippen LogP contribution is 2.44. The lowest BCUT2D eigenvalue weighted by atomic mass is 9.66. The number of pyridine rings is 1. The van der Waals surface area contributed by atoms with Crippen LogP contribution in [0.15, 0.2) is 24.5 Å². The SMILES string of the molecule is CC(C)(C)C1CCC(C(C(=O)O)c2ccncc2)CC1. The standard InChI is InChI=1S/C17H25NO2/c1-17(2,3)14-6-4-12(5-7-14)15(16(19)20)13-8-10-18-11-9-13/h8-12,14-15H,4-7H2,1-3H3,(H,19,20). The van der Waals surface area contributed by atoms with Gasteiger partial charge in [-0.25, -0.2) is 0 Å². The fraction of sp³-hybridized carbons (Fsp3) is 0.647. The highest BCUT2D eigenvalue weighted by atomic mass is 16.4. The molecule has 0 aromatic carbocycles. The summed E-state index contributed by atoms with van der Waals surface area (Å²) in [6.07, 6.45) is 7.69. The summed E-state index contributed by atoms with van der Waals surface area (Å²) < 4.78 is 0. The van der Waals surface area contributed by atoms with Gasteiger partial charge >= 0.3 is 5.97 Å². The van der Waals surface area contributed by atoms with Gasteiger partial charge < -0.3 is 5.11 Å². The third-order valence-corrected chi connectivity index (χ3v) is 4.80. The van der Waals surface area contributed by atoms with Gasteiger partial charge in [0.25, 0.3) is 0 Å². The Morgan fingerprint density at radius 1 is 1.20 bits per heavy atom. The molecule has 0 spiro atoms. The fourth-order valence-electron chi connectivity index (χ4n) is 3.51. The first-order chi connectivity index (χ1) is 9.39. The molecule has 0 aliphatic heterocycles. The molecule has 1 aliphatic rings. The van der Waals surface area contributed by atoms with Crippen molar-refractivity contribution in [3.05, 3.63) is 30.1 Å². The number of carboxylic acid groups (broad SMARTS) is 1. The van der Waals surface area contributed by atoms with Crippen molar-refractivity contribution in [2.45, 2.75) is 52.4 Å². The Balaban J connectivity index is 2.09. The fourth-order valence-corrected chi connectivity index (χ4v) is 3.51. The number of hydrogen-bond donors (Lipinski definition) is 1. The number of aromatic nitrogens is 1. The minimum absolute atomic E-state index is 0.258. The van der Waals surface area contributed by atoms with Gasteiger partial charge in [-0.3, -0.25) is 9.78 Å². The molecule has 1 unspecified atom stereocenters. The zero-order valence-corrected chi connectivity index (χ0v) is 12.7. The zero-order valence-electron chi connectivity index (χ0n) is 12.7. The van der Waals surface area contributed by atoms with Crippen LogP contribution in [0.1, 0.15) is 57.9 Å². The predicted octanol–water partition coefficient (Wildman–Crippen LogP) is 4.10. The van der Waals surface area contributed by atoms with Gasteiger partial charge in [0, 0.05) is 12.4 Å². The predicted molar refractivity (Wildman–Crippen MR) is 79.5 cm³/mol. The van der Waals surface area contributed by atoms with Gasteiger partial charge in [-0.15, -0.1) is 0 Å². The Labute approximate surface area is 121 Å². The van der Waals surface area contributed by atoms with Crippen molar-refractivity contribution in [2.75, 3.05) is 0 Å². The molecule has 20 heavy (non-hydrogen) atoms. The van der Waals surface area contributed by atoms with Crippen LogP contribution in [0.2, 0.25) is 0 Å². The molecular formula is C17H25NO2. The molecule has 0 amide bonds. The van der Waals surface area contributed by atoms with Crippen LogP contribution in [0.3, 0.4) is 0 Å². The van der Waals surface area contributed by atoms with E-state index in [2.05, 4.69) is 25.8 Å². The second-order valence-electron chi connectivity index (χ2n) is 7.07. The number of hydrogen-bond acceptors (Lipinski definition) is 2. The van der Waals surface area contributed by atoms with E-state index < -0.39 is 5.97 Å². The van der Waals surface area contributed by atoms with Crippen LogP contribution in [0.5, 0.6) is 0 Å². The van der Waals surface area contributed by atoms with Crippen LogP contribution in [0, 0.1) is 17.3 Å². The van der Waals surface area contributed by atoms with Gasteiger partial charge in [-0.05, 0) is 60.6 Å². The first kappa shape index (κ1) is 15.0. The first-order valence-electron chi connectivity index (χ1n) is 7.52. The van der Waals surface area contributed by atoms with Crippen LogP contribution in [0.4, 0.5) is 0 Å². The largest absolute Gasteiger partial charge is 0.481 e. The maximum atomic E-state index is 11.7. The molecule has 1 fully saturated rings. The number of carboxylic acids is 1. The van der Waals surface area contributed by atoms with Crippen molar-refractivity contribution in [3.63, 3.8) is 0 Å². The lowest BCUT2D eigenvalue weighted by Crippen LogP contribution is -2.30. The van der Waals surface area contributed by atoms with Gasteiger partial charge in [0.2, 0.25) is 0 Å². The molecule has 1 saturated carbocycles. The van der Waals surface area contributed by atoms with Crippen LogP contribution < -0.4 is 0 Å². The molecule has 3 nitrogen and oxygen atoms in total. The monoisotopic (exact) mass is 275 g/mol. The van der Waals surface area contributed by atoms with Crippen LogP contribution in [-0.2, 0) is 4.79 Å². The summed E-state index contributed by atoms with van der Waals surface area (Å²) in [5.74, 6) is -0.103. The van der Waals surface area contributed by atoms with Crippen molar-refractivity contribution < 1.29 is 9.90 Å². The Bertz CT molecular complexity index is 442. The quantitative estimate of drug-likeness (QED) is 0.903. The summed E-state index contributed by atoms with van der Waals surface area (Å²) in [7, 11) is 0. The second kappa shape index (κ2) is 5.94. The van der Waals surface area contributed by atoms with Crippen LogP contribution >= 0.6 is 0 Å². The van der Waals surface area contributed by atoms with Gasteiger partial charge in [0.15, 0.2) is 0 Å². The minimum atomic E-state index is -0.699. The van der Waals surface area contributed by atoms with E-state index in [4.69, 9.17) is 0 Å². The van der Waals surface area contributed by atoms with Gasteiger partial charge in [0.1, 0.15) is 0 Å². The Kier molecular flexibility index (Phi) is 4.46. The molecule has 1 heterocycles. The highest BCUT2D eigenvalue weighted by Gasteiger charge is 2.36. The average molecular weight is 275 g/mol. The molecule has 1 aliphatic carbocycles. The molecule has 110 valence electrons. The van der Waals surface area contributed by atoms with Crippen molar-refractivity contribution in [3.8, 4) is 0 Å². The maximum absolute atomic E-state index is 11.7. The smallest absolute Gasteiger partial charge is 0.311 e. The summed E-state index contributed by atoms with van der Waals surface area (Å²) in [5.41, 5.74) is 1.23.